The molecule has 29 heavy (non-hydrogen) atoms. The van der Waals surface area contributed by atoms with Crippen LogP contribution in [0.15, 0.2) is 30.3 Å². The van der Waals surface area contributed by atoms with Crippen molar-refractivity contribution in [1.29, 1.82) is 0 Å². The molecule has 1 aliphatic rings. The van der Waals surface area contributed by atoms with Crippen molar-refractivity contribution in [2.24, 2.45) is 0 Å². The second-order valence-electron chi connectivity index (χ2n) is 6.80. The van der Waals surface area contributed by atoms with Gasteiger partial charge in [-0.3, -0.25) is 14.9 Å². The van der Waals surface area contributed by atoms with Crippen LogP contribution in [0.2, 0.25) is 0 Å². The fourth-order valence-electron chi connectivity index (χ4n) is 3.87. The largest absolute Gasteiger partial charge is 0.493 e. The lowest BCUT2D eigenvalue weighted by Gasteiger charge is -2.25. The number of methoxy groups -OCH3 is 3. The molecule has 0 spiro atoms. The zero-order valence-electron chi connectivity index (χ0n) is 16.7. The molecular formula is C21H24N2O6. The van der Waals surface area contributed by atoms with E-state index in [1.165, 1.54) is 38.5 Å². The van der Waals surface area contributed by atoms with E-state index in [1.54, 1.807) is 0 Å². The monoisotopic (exact) mass is 400 g/mol. The lowest BCUT2D eigenvalue weighted by Crippen LogP contribution is -2.30. The van der Waals surface area contributed by atoms with E-state index in [-0.39, 0.29) is 28.7 Å². The number of amides is 1. The Labute approximate surface area is 168 Å². The molecule has 2 aromatic rings. The first-order valence-electron chi connectivity index (χ1n) is 9.35. The molecular weight excluding hydrogens is 376 g/mol. The van der Waals surface area contributed by atoms with Gasteiger partial charge in [-0.2, -0.15) is 0 Å². The van der Waals surface area contributed by atoms with E-state index >= 15 is 0 Å². The highest BCUT2D eigenvalue weighted by molar-refractivity contribution is 6.00. The number of fused-ring (bicyclic) bond motifs is 1. The molecule has 3 rings (SSSR count). The van der Waals surface area contributed by atoms with E-state index in [0.29, 0.717) is 6.54 Å². The Morgan fingerprint density at radius 3 is 2.55 bits per heavy atom. The predicted molar refractivity (Wildman–Crippen MR) is 107 cm³/mol. The minimum absolute atomic E-state index is 0.0689. The molecule has 0 aliphatic heterocycles. The van der Waals surface area contributed by atoms with Gasteiger partial charge in [0.25, 0.3) is 5.91 Å². The molecule has 8 nitrogen and oxygen atoms in total. The number of nitro groups is 1. The minimum atomic E-state index is -0.647. The summed E-state index contributed by atoms with van der Waals surface area (Å²) < 4.78 is 15.6. The molecule has 0 aromatic heterocycles. The fraction of sp³-hybridized carbons (Fsp3) is 0.381. The summed E-state index contributed by atoms with van der Waals surface area (Å²) in [6.07, 6.45) is 3.02. The number of benzene rings is 2. The highest BCUT2D eigenvalue weighted by Crippen LogP contribution is 2.46. The number of rotatable bonds is 7. The topological polar surface area (TPSA) is 99.9 Å². The van der Waals surface area contributed by atoms with Crippen LogP contribution in [-0.2, 0) is 6.42 Å². The van der Waals surface area contributed by atoms with E-state index in [2.05, 4.69) is 17.4 Å². The number of nitrogens with zero attached hydrogens (tertiary/aromatic N) is 1. The van der Waals surface area contributed by atoms with E-state index < -0.39 is 16.5 Å². The maximum absolute atomic E-state index is 12.9. The van der Waals surface area contributed by atoms with Crippen molar-refractivity contribution >= 4 is 11.6 Å². The summed E-state index contributed by atoms with van der Waals surface area (Å²) >= 11 is 0. The van der Waals surface area contributed by atoms with Crippen LogP contribution in [0.25, 0.3) is 0 Å². The van der Waals surface area contributed by atoms with Crippen LogP contribution < -0.4 is 19.5 Å². The molecule has 0 saturated carbocycles. The zero-order valence-corrected chi connectivity index (χ0v) is 16.7. The number of ether oxygens (including phenoxy) is 3. The third-order valence-corrected chi connectivity index (χ3v) is 5.23. The molecule has 8 heteroatoms. The van der Waals surface area contributed by atoms with Gasteiger partial charge in [0.1, 0.15) is 5.56 Å². The SMILES string of the molecule is COc1cc(C(=O)NCC2CCCc3ccccc32)c([N+](=O)[O-])c(OC)c1OC. The van der Waals surface area contributed by atoms with E-state index in [9.17, 15) is 14.9 Å². The Bertz CT molecular complexity index is 928. The Hall–Kier alpha value is -3.29. The van der Waals surface area contributed by atoms with Crippen LogP contribution >= 0.6 is 0 Å². The first-order chi connectivity index (χ1) is 14.0. The summed E-state index contributed by atoms with van der Waals surface area (Å²) in [5.41, 5.74) is 1.93. The predicted octanol–water partition coefficient (Wildman–Crippen LogP) is 3.47. The maximum Gasteiger partial charge on any atom is 0.327 e. The van der Waals surface area contributed by atoms with Crippen LogP contribution in [0, 0.1) is 10.1 Å². The van der Waals surface area contributed by atoms with Gasteiger partial charge in [-0.1, -0.05) is 24.3 Å². The Kier molecular flexibility index (Phi) is 6.21. The highest BCUT2D eigenvalue weighted by atomic mass is 16.6. The summed E-state index contributed by atoms with van der Waals surface area (Å²) in [5, 5.41) is 14.5. The van der Waals surface area contributed by atoms with Gasteiger partial charge in [-0.15, -0.1) is 0 Å². The van der Waals surface area contributed by atoms with Gasteiger partial charge < -0.3 is 19.5 Å². The standard InChI is InChI=1S/C21H24N2O6/c1-27-17-11-16(18(23(25)26)20(29-3)19(17)28-2)21(24)22-12-14-9-6-8-13-7-4-5-10-15(13)14/h4-5,7,10-11,14H,6,8-9,12H2,1-3H3,(H,22,24). The second-order valence-corrected chi connectivity index (χ2v) is 6.80. The van der Waals surface area contributed by atoms with Crippen LogP contribution in [0.1, 0.15) is 40.2 Å². The Morgan fingerprint density at radius 1 is 1.17 bits per heavy atom. The molecule has 0 fully saturated rings. The third kappa shape index (κ3) is 3.96. The number of nitro benzene ring substituents is 1. The van der Waals surface area contributed by atoms with Gasteiger partial charge in [-0.05, 0) is 30.4 Å². The van der Waals surface area contributed by atoms with Crippen LogP contribution in [0.3, 0.4) is 0 Å². The Morgan fingerprint density at radius 2 is 1.90 bits per heavy atom. The molecule has 1 aliphatic carbocycles. The zero-order chi connectivity index (χ0) is 21.0. The van der Waals surface area contributed by atoms with Crippen LogP contribution in [-0.4, -0.2) is 38.7 Å². The van der Waals surface area contributed by atoms with Gasteiger partial charge >= 0.3 is 5.69 Å². The number of hydrogen-bond acceptors (Lipinski definition) is 6. The molecule has 2 aromatic carbocycles. The van der Waals surface area contributed by atoms with Crippen LogP contribution in [0.5, 0.6) is 17.2 Å². The van der Waals surface area contributed by atoms with E-state index in [0.717, 1.165) is 19.3 Å². The van der Waals surface area contributed by atoms with Crippen LogP contribution in [0.4, 0.5) is 5.69 Å². The summed E-state index contributed by atoms with van der Waals surface area (Å²) in [5.74, 6) is -0.281. The van der Waals surface area contributed by atoms with Gasteiger partial charge in [0.15, 0.2) is 5.75 Å². The summed E-state index contributed by atoms with van der Waals surface area (Å²) in [6.45, 7) is 0.393. The molecule has 0 heterocycles. The molecule has 1 N–H and O–H groups in total. The smallest absolute Gasteiger partial charge is 0.327 e. The van der Waals surface area contributed by atoms with Gasteiger partial charge in [0, 0.05) is 18.5 Å². The van der Waals surface area contributed by atoms with Crippen molar-refractivity contribution in [3.8, 4) is 17.2 Å². The normalized spacial score (nSPS) is 15.2. The molecule has 0 radical (unpaired) electrons. The summed E-state index contributed by atoms with van der Waals surface area (Å²) in [4.78, 5) is 23.9. The lowest BCUT2D eigenvalue weighted by molar-refractivity contribution is -0.386. The molecule has 1 unspecified atom stereocenters. The maximum atomic E-state index is 12.9. The molecule has 0 saturated heterocycles. The van der Waals surface area contributed by atoms with Crippen molar-refractivity contribution < 1.29 is 23.9 Å². The number of hydrogen-bond donors (Lipinski definition) is 1. The first kappa shape index (κ1) is 20.4. The van der Waals surface area contributed by atoms with Gasteiger partial charge in [0.05, 0.1) is 26.3 Å². The van der Waals surface area contributed by atoms with Crippen molar-refractivity contribution in [1.82, 2.24) is 5.32 Å². The summed E-state index contributed by atoms with van der Waals surface area (Å²) in [6, 6.07) is 9.49. The molecule has 154 valence electrons. The average Bonchev–Trinajstić information content (AvgIpc) is 2.75. The first-order valence-corrected chi connectivity index (χ1v) is 9.35. The molecule has 1 atom stereocenters. The number of carbonyl (C=O) groups excluding carboxylic acids is 1. The Balaban J connectivity index is 1.90. The highest BCUT2D eigenvalue weighted by Gasteiger charge is 2.32. The lowest BCUT2D eigenvalue weighted by atomic mass is 9.83. The van der Waals surface area contributed by atoms with E-state index in [4.69, 9.17) is 14.2 Å². The van der Waals surface area contributed by atoms with Gasteiger partial charge in [0.2, 0.25) is 11.5 Å². The van der Waals surface area contributed by atoms with Gasteiger partial charge in [-0.25, -0.2) is 0 Å². The van der Waals surface area contributed by atoms with Crippen molar-refractivity contribution in [2.45, 2.75) is 25.2 Å². The quantitative estimate of drug-likeness (QED) is 0.564. The van der Waals surface area contributed by atoms with Crippen molar-refractivity contribution in [3.63, 3.8) is 0 Å². The number of carbonyl (C=O) groups is 1. The third-order valence-electron chi connectivity index (χ3n) is 5.23. The average molecular weight is 400 g/mol. The van der Waals surface area contributed by atoms with Crippen molar-refractivity contribution in [3.05, 3.63) is 57.1 Å². The molecule has 1 amide bonds. The number of nitrogens with one attached hydrogen (secondary N) is 1. The van der Waals surface area contributed by atoms with Crippen molar-refractivity contribution in [2.75, 3.05) is 27.9 Å². The minimum Gasteiger partial charge on any atom is -0.493 e. The van der Waals surface area contributed by atoms with E-state index in [1.807, 2.05) is 12.1 Å². The summed E-state index contributed by atoms with van der Waals surface area (Å²) in [7, 11) is 4.03. The molecule has 0 bridgehead atoms. The number of aryl methyl sites for hydroxylation is 1. The fourth-order valence-corrected chi connectivity index (χ4v) is 3.87. The second kappa shape index (κ2) is 8.81.